The summed E-state index contributed by atoms with van der Waals surface area (Å²) in [4.78, 5) is 11.9. The van der Waals surface area contributed by atoms with Gasteiger partial charge in [-0.2, -0.15) is 0 Å². The molecule has 0 aliphatic heterocycles. The molecule has 0 aromatic heterocycles. The van der Waals surface area contributed by atoms with E-state index in [4.69, 9.17) is 0 Å². The summed E-state index contributed by atoms with van der Waals surface area (Å²) in [6.07, 6.45) is 0. The van der Waals surface area contributed by atoms with Gasteiger partial charge in [0.05, 0.1) is 10.0 Å². The van der Waals surface area contributed by atoms with E-state index in [1.807, 2.05) is 0 Å². The standard InChI is InChI=1S/C14H9BrF3NO/c1-7-4-9(13(18)6-12(7)17)14(20)19-8-2-3-11(16)10(15)5-8/h2-6H,1H3,(H,19,20). The number of aryl methyl sites for hydroxylation is 1. The fourth-order valence-electron chi connectivity index (χ4n) is 1.60. The monoisotopic (exact) mass is 343 g/mol. The topological polar surface area (TPSA) is 29.1 Å². The van der Waals surface area contributed by atoms with Crippen LogP contribution in [0.5, 0.6) is 0 Å². The van der Waals surface area contributed by atoms with E-state index in [2.05, 4.69) is 21.2 Å². The first-order valence-electron chi connectivity index (χ1n) is 5.60. The number of benzene rings is 2. The number of amides is 1. The highest BCUT2D eigenvalue weighted by atomic mass is 79.9. The Hall–Kier alpha value is -1.82. The zero-order valence-electron chi connectivity index (χ0n) is 10.3. The van der Waals surface area contributed by atoms with Gasteiger partial charge in [0.1, 0.15) is 17.5 Å². The molecule has 0 radical (unpaired) electrons. The third kappa shape index (κ3) is 3.01. The Morgan fingerprint density at radius 2 is 1.75 bits per heavy atom. The molecule has 0 bridgehead atoms. The molecular weight excluding hydrogens is 335 g/mol. The zero-order chi connectivity index (χ0) is 14.9. The minimum Gasteiger partial charge on any atom is -0.322 e. The number of hydrogen-bond acceptors (Lipinski definition) is 1. The molecule has 104 valence electrons. The highest BCUT2D eigenvalue weighted by Crippen LogP contribution is 2.21. The number of halogens is 4. The first-order valence-corrected chi connectivity index (χ1v) is 6.40. The molecule has 1 amide bonds. The number of rotatable bonds is 2. The minimum absolute atomic E-state index is 0.164. The summed E-state index contributed by atoms with van der Waals surface area (Å²) in [5.41, 5.74) is 0.186. The van der Waals surface area contributed by atoms with E-state index < -0.39 is 23.4 Å². The van der Waals surface area contributed by atoms with Crippen molar-refractivity contribution in [2.24, 2.45) is 0 Å². The summed E-state index contributed by atoms with van der Waals surface area (Å²) in [6.45, 7) is 1.43. The molecule has 2 aromatic rings. The van der Waals surface area contributed by atoms with Gasteiger partial charge in [-0.3, -0.25) is 4.79 Å². The number of anilines is 1. The summed E-state index contributed by atoms with van der Waals surface area (Å²) < 4.78 is 39.9. The van der Waals surface area contributed by atoms with E-state index >= 15 is 0 Å². The maximum absolute atomic E-state index is 13.6. The fourth-order valence-corrected chi connectivity index (χ4v) is 1.98. The molecule has 0 heterocycles. The Labute approximate surface area is 121 Å². The Morgan fingerprint density at radius 3 is 2.40 bits per heavy atom. The second kappa shape index (κ2) is 5.66. The second-order valence-electron chi connectivity index (χ2n) is 4.16. The molecule has 0 atom stereocenters. The van der Waals surface area contributed by atoms with Crippen molar-refractivity contribution >= 4 is 27.5 Å². The van der Waals surface area contributed by atoms with E-state index in [0.717, 1.165) is 12.1 Å². The van der Waals surface area contributed by atoms with E-state index in [1.165, 1.54) is 19.1 Å². The zero-order valence-corrected chi connectivity index (χ0v) is 11.9. The molecule has 0 fully saturated rings. The van der Waals surface area contributed by atoms with Gasteiger partial charge in [-0.15, -0.1) is 0 Å². The molecule has 1 N–H and O–H groups in total. The smallest absolute Gasteiger partial charge is 0.258 e. The van der Waals surface area contributed by atoms with Gasteiger partial charge in [0.25, 0.3) is 5.91 Å². The average Bonchev–Trinajstić information content (AvgIpc) is 2.38. The summed E-state index contributed by atoms with van der Waals surface area (Å²) >= 11 is 2.98. The minimum atomic E-state index is -0.952. The first kappa shape index (κ1) is 14.6. The molecule has 6 heteroatoms. The van der Waals surface area contributed by atoms with Crippen molar-refractivity contribution in [1.82, 2.24) is 0 Å². The van der Waals surface area contributed by atoms with Crippen LogP contribution < -0.4 is 5.32 Å². The fraction of sp³-hybridized carbons (Fsp3) is 0.0714. The van der Waals surface area contributed by atoms with Gasteiger partial charge in [0, 0.05) is 11.8 Å². The lowest BCUT2D eigenvalue weighted by atomic mass is 10.1. The molecule has 0 spiro atoms. The van der Waals surface area contributed by atoms with Crippen LogP contribution in [0, 0.1) is 24.4 Å². The molecule has 2 aromatic carbocycles. The van der Waals surface area contributed by atoms with Gasteiger partial charge < -0.3 is 5.32 Å². The number of carbonyl (C=O) groups is 1. The van der Waals surface area contributed by atoms with Crippen molar-refractivity contribution in [3.63, 3.8) is 0 Å². The van der Waals surface area contributed by atoms with E-state index in [9.17, 15) is 18.0 Å². The molecule has 0 aliphatic carbocycles. The summed E-state index contributed by atoms with van der Waals surface area (Å²) in [6, 6.07) is 5.63. The van der Waals surface area contributed by atoms with Crippen molar-refractivity contribution in [3.05, 3.63) is 63.4 Å². The van der Waals surface area contributed by atoms with Crippen LogP contribution in [0.1, 0.15) is 15.9 Å². The van der Waals surface area contributed by atoms with Gasteiger partial charge in [0.15, 0.2) is 0 Å². The maximum atomic E-state index is 13.6. The summed E-state index contributed by atoms with van der Waals surface area (Å²) in [5.74, 6) is -2.88. The first-order chi connectivity index (χ1) is 9.38. The SMILES string of the molecule is Cc1cc(C(=O)Nc2ccc(F)c(Br)c2)c(F)cc1F. The Kier molecular flexibility index (Phi) is 4.13. The van der Waals surface area contributed by atoms with Crippen molar-refractivity contribution in [3.8, 4) is 0 Å². The van der Waals surface area contributed by atoms with Crippen molar-refractivity contribution in [2.75, 3.05) is 5.32 Å². The van der Waals surface area contributed by atoms with Crippen LogP contribution in [0.25, 0.3) is 0 Å². The van der Waals surface area contributed by atoms with Crippen molar-refractivity contribution in [2.45, 2.75) is 6.92 Å². The lowest BCUT2D eigenvalue weighted by Crippen LogP contribution is -2.14. The van der Waals surface area contributed by atoms with Gasteiger partial charge in [-0.25, -0.2) is 13.2 Å². The van der Waals surface area contributed by atoms with Crippen LogP contribution in [-0.2, 0) is 0 Å². The number of hydrogen-bond donors (Lipinski definition) is 1. The van der Waals surface area contributed by atoms with E-state index in [0.29, 0.717) is 11.8 Å². The maximum Gasteiger partial charge on any atom is 0.258 e. The van der Waals surface area contributed by atoms with Crippen LogP contribution in [0.2, 0.25) is 0 Å². The third-order valence-corrected chi connectivity index (χ3v) is 3.28. The van der Waals surface area contributed by atoms with Crippen LogP contribution in [0.4, 0.5) is 18.9 Å². The molecule has 2 rings (SSSR count). The normalized spacial score (nSPS) is 10.4. The molecule has 2 nitrogen and oxygen atoms in total. The predicted molar refractivity (Wildman–Crippen MR) is 73.1 cm³/mol. The highest BCUT2D eigenvalue weighted by molar-refractivity contribution is 9.10. The predicted octanol–water partition coefficient (Wildman–Crippen LogP) is 4.43. The number of nitrogens with one attached hydrogen (secondary N) is 1. The molecular formula is C14H9BrF3NO. The second-order valence-corrected chi connectivity index (χ2v) is 5.02. The molecule has 0 aliphatic rings. The van der Waals surface area contributed by atoms with Crippen LogP contribution in [-0.4, -0.2) is 5.91 Å². The summed E-state index contributed by atoms with van der Waals surface area (Å²) in [7, 11) is 0. The highest BCUT2D eigenvalue weighted by Gasteiger charge is 2.15. The Morgan fingerprint density at radius 1 is 1.05 bits per heavy atom. The molecule has 20 heavy (non-hydrogen) atoms. The van der Waals surface area contributed by atoms with Crippen LogP contribution in [0.15, 0.2) is 34.8 Å². The van der Waals surface area contributed by atoms with Crippen LogP contribution >= 0.6 is 15.9 Å². The van der Waals surface area contributed by atoms with Crippen LogP contribution in [0.3, 0.4) is 0 Å². The quantitative estimate of drug-likeness (QED) is 0.858. The van der Waals surface area contributed by atoms with E-state index in [-0.39, 0.29) is 15.6 Å². The lowest BCUT2D eigenvalue weighted by molar-refractivity contribution is 0.102. The largest absolute Gasteiger partial charge is 0.322 e. The molecule has 0 saturated carbocycles. The Balaban J connectivity index is 2.28. The number of carbonyl (C=O) groups excluding carboxylic acids is 1. The van der Waals surface area contributed by atoms with Gasteiger partial charge in [-0.05, 0) is 52.7 Å². The van der Waals surface area contributed by atoms with E-state index in [1.54, 1.807) is 0 Å². The average molecular weight is 344 g/mol. The van der Waals surface area contributed by atoms with Crippen molar-refractivity contribution < 1.29 is 18.0 Å². The lowest BCUT2D eigenvalue weighted by Gasteiger charge is -2.08. The summed E-state index contributed by atoms with van der Waals surface area (Å²) in [5, 5.41) is 2.42. The molecule has 0 unspecified atom stereocenters. The van der Waals surface area contributed by atoms with Gasteiger partial charge in [-0.1, -0.05) is 0 Å². The van der Waals surface area contributed by atoms with Gasteiger partial charge in [0.2, 0.25) is 0 Å². The van der Waals surface area contributed by atoms with Crippen molar-refractivity contribution in [1.29, 1.82) is 0 Å². The molecule has 0 saturated heterocycles. The third-order valence-electron chi connectivity index (χ3n) is 2.67. The Bertz CT molecular complexity index is 688. The van der Waals surface area contributed by atoms with Gasteiger partial charge >= 0.3 is 0 Å².